The van der Waals surface area contributed by atoms with E-state index in [1.807, 2.05) is 0 Å². The maximum atomic E-state index is 5.47. The van der Waals surface area contributed by atoms with Gasteiger partial charge in [-0.2, -0.15) is 0 Å². The highest BCUT2D eigenvalue weighted by atomic mass is 79.9. The van der Waals surface area contributed by atoms with Crippen molar-refractivity contribution in [3.05, 3.63) is 33.9 Å². The minimum absolute atomic E-state index is 0.472. The Kier molecular flexibility index (Phi) is 4.50. The summed E-state index contributed by atoms with van der Waals surface area (Å²) in [4.78, 5) is 0.472. The molecule has 1 atom stereocenters. The highest BCUT2D eigenvalue weighted by Crippen LogP contribution is 2.41. The van der Waals surface area contributed by atoms with Gasteiger partial charge in [-0.3, -0.25) is 0 Å². The van der Waals surface area contributed by atoms with E-state index in [1.54, 1.807) is 0 Å². The van der Waals surface area contributed by atoms with Gasteiger partial charge in [0, 0.05) is 18.0 Å². The standard InChI is InChI=1S/C16H23BrO/c1-10-9-11(2)13(4)15(12(10)3)16(17)14-5-7-18-8-6-14/h9,14,16H,5-8H2,1-4H3. The lowest BCUT2D eigenvalue weighted by Gasteiger charge is -2.29. The van der Waals surface area contributed by atoms with Crippen LogP contribution in [-0.4, -0.2) is 13.2 Å². The third kappa shape index (κ3) is 2.65. The number of hydrogen-bond donors (Lipinski definition) is 0. The van der Waals surface area contributed by atoms with Crippen LogP contribution in [0.5, 0.6) is 0 Å². The van der Waals surface area contributed by atoms with Gasteiger partial charge >= 0.3 is 0 Å². The molecule has 1 aliphatic rings. The molecule has 1 heterocycles. The van der Waals surface area contributed by atoms with E-state index in [2.05, 4.69) is 49.7 Å². The van der Waals surface area contributed by atoms with Crippen molar-refractivity contribution in [2.45, 2.75) is 45.4 Å². The molecule has 1 aromatic carbocycles. The number of aryl methyl sites for hydroxylation is 2. The molecule has 2 heteroatoms. The van der Waals surface area contributed by atoms with Crippen molar-refractivity contribution >= 4 is 15.9 Å². The summed E-state index contributed by atoms with van der Waals surface area (Å²) < 4.78 is 5.47. The number of alkyl halides is 1. The normalized spacial score (nSPS) is 18.9. The second-order valence-corrected chi connectivity index (χ2v) is 6.51. The summed E-state index contributed by atoms with van der Waals surface area (Å²) in [5.74, 6) is 0.706. The van der Waals surface area contributed by atoms with Crippen molar-refractivity contribution < 1.29 is 4.74 Å². The molecule has 0 bridgehead atoms. The Hall–Kier alpha value is -0.340. The van der Waals surface area contributed by atoms with Gasteiger partial charge in [0.05, 0.1) is 0 Å². The summed E-state index contributed by atoms with van der Waals surface area (Å²) in [5, 5.41) is 0. The topological polar surface area (TPSA) is 9.23 Å². The van der Waals surface area contributed by atoms with Crippen molar-refractivity contribution in [3.63, 3.8) is 0 Å². The van der Waals surface area contributed by atoms with Gasteiger partial charge < -0.3 is 4.74 Å². The largest absolute Gasteiger partial charge is 0.381 e. The first-order valence-corrected chi connectivity index (χ1v) is 7.73. The predicted molar refractivity (Wildman–Crippen MR) is 80.6 cm³/mol. The SMILES string of the molecule is Cc1cc(C)c(C)c(C(Br)C2CCOCC2)c1C. The van der Waals surface area contributed by atoms with Crippen molar-refractivity contribution in [2.24, 2.45) is 5.92 Å². The number of rotatable bonds is 2. The molecule has 1 fully saturated rings. The average Bonchev–Trinajstić information content (AvgIpc) is 2.37. The number of benzene rings is 1. The van der Waals surface area contributed by atoms with Crippen LogP contribution in [0, 0.1) is 33.6 Å². The van der Waals surface area contributed by atoms with Crippen LogP contribution in [-0.2, 0) is 4.74 Å². The van der Waals surface area contributed by atoms with E-state index in [-0.39, 0.29) is 0 Å². The molecule has 1 saturated heterocycles. The molecule has 2 rings (SSSR count). The van der Waals surface area contributed by atoms with Crippen LogP contribution in [0.15, 0.2) is 6.07 Å². The zero-order chi connectivity index (χ0) is 13.3. The second-order valence-electron chi connectivity index (χ2n) is 5.53. The van der Waals surface area contributed by atoms with Crippen LogP contribution >= 0.6 is 15.9 Å². The van der Waals surface area contributed by atoms with Crippen LogP contribution in [0.1, 0.15) is 45.5 Å². The Balaban J connectivity index is 2.37. The molecule has 0 aliphatic carbocycles. The molecule has 18 heavy (non-hydrogen) atoms. The van der Waals surface area contributed by atoms with Crippen LogP contribution in [0.4, 0.5) is 0 Å². The highest BCUT2D eigenvalue weighted by Gasteiger charge is 2.26. The van der Waals surface area contributed by atoms with Gasteiger partial charge in [-0.1, -0.05) is 22.0 Å². The summed E-state index contributed by atoms with van der Waals surface area (Å²) >= 11 is 3.96. The third-order valence-electron chi connectivity index (χ3n) is 4.38. The van der Waals surface area contributed by atoms with Crippen LogP contribution in [0.2, 0.25) is 0 Å². The minimum Gasteiger partial charge on any atom is -0.381 e. The molecular weight excluding hydrogens is 288 g/mol. The van der Waals surface area contributed by atoms with Gasteiger partial charge in [0.1, 0.15) is 0 Å². The van der Waals surface area contributed by atoms with Crippen molar-refractivity contribution in [1.82, 2.24) is 0 Å². The molecule has 1 aromatic rings. The first-order valence-electron chi connectivity index (χ1n) is 6.81. The fraction of sp³-hybridized carbons (Fsp3) is 0.625. The number of ether oxygens (including phenoxy) is 1. The van der Waals surface area contributed by atoms with E-state index in [9.17, 15) is 0 Å². The Morgan fingerprint density at radius 3 is 2.06 bits per heavy atom. The van der Waals surface area contributed by atoms with E-state index >= 15 is 0 Å². The first kappa shape index (κ1) is 14.1. The average molecular weight is 311 g/mol. The fourth-order valence-electron chi connectivity index (χ4n) is 2.91. The summed E-state index contributed by atoms with van der Waals surface area (Å²) in [6.45, 7) is 10.8. The van der Waals surface area contributed by atoms with Gasteiger partial charge in [0.2, 0.25) is 0 Å². The van der Waals surface area contributed by atoms with Crippen LogP contribution in [0.3, 0.4) is 0 Å². The Labute approximate surface area is 119 Å². The van der Waals surface area contributed by atoms with Gasteiger partial charge in [-0.15, -0.1) is 0 Å². The van der Waals surface area contributed by atoms with Crippen LogP contribution < -0.4 is 0 Å². The fourth-order valence-corrected chi connectivity index (χ4v) is 4.12. The van der Waals surface area contributed by atoms with Gasteiger partial charge in [-0.25, -0.2) is 0 Å². The van der Waals surface area contributed by atoms with E-state index in [0.29, 0.717) is 10.7 Å². The van der Waals surface area contributed by atoms with Gasteiger partial charge in [-0.05, 0) is 74.3 Å². The summed E-state index contributed by atoms with van der Waals surface area (Å²) in [5.41, 5.74) is 7.23. The summed E-state index contributed by atoms with van der Waals surface area (Å²) in [6.07, 6.45) is 2.34. The molecular formula is C16H23BrO. The second kappa shape index (κ2) is 5.75. The molecule has 0 saturated carbocycles. The summed E-state index contributed by atoms with van der Waals surface area (Å²) in [7, 11) is 0. The molecule has 1 unspecified atom stereocenters. The molecule has 1 aliphatic heterocycles. The van der Waals surface area contributed by atoms with Crippen molar-refractivity contribution in [1.29, 1.82) is 0 Å². The lowest BCUT2D eigenvalue weighted by atomic mass is 9.85. The van der Waals surface area contributed by atoms with Gasteiger partial charge in [0.15, 0.2) is 0 Å². The molecule has 100 valence electrons. The summed E-state index contributed by atoms with van der Waals surface area (Å²) in [6, 6.07) is 2.30. The van der Waals surface area contributed by atoms with E-state index in [0.717, 1.165) is 13.2 Å². The molecule has 0 spiro atoms. The van der Waals surface area contributed by atoms with Crippen LogP contribution in [0.25, 0.3) is 0 Å². The lowest BCUT2D eigenvalue weighted by Crippen LogP contribution is -2.20. The Morgan fingerprint density at radius 2 is 1.56 bits per heavy atom. The molecule has 0 amide bonds. The lowest BCUT2D eigenvalue weighted by molar-refractivity contribution is 0.0661. The third-order valence-corrected chi connectivity index (χ3v) is 5.59. The number of hydrogen-bond acceptors (Lipinski definition) is 1. The van der Waals surface area contributed by atoms with E-state index in [1.165, 1.54) is 40.7 Å². The Bertz CT molecular complexity index is 407. The quantitative estimate of drug-likeness (QED) is 0.714. The predicted octanol–water partition coefficient (Wildman–Crippen LogP) is 4.78. The molecule has 0 N–H and O–H groups in total. The van der Waals surface area contributed by atoms with E-state index < -0.39 is 0 Å². The zero-order valence-corrected chi connectivity index (χ0v) is 13.4. The smallest absolute Gasteiger partial charge is 0.0469 e. The highest BCUT2D eigenvalue weighted by molar-refractivity contribution is 9.09. The van der Waals surface area contributed by atoms with Crippen molar-refractivity contribution in [3.8, 4) is 0 Å². The molecule has 0 radical (unpaired) electrons. The minimum atomic E-state index is 0.472. The van der Waals surface area contributed by atoms with Gasteiger partial charge in [0.25, 0.3) is 0 Å². The molecule has 1 nitrogen and oxygen atoms in total. The zero-order valence-electron chi connectivity index (χ0n) is 11.8. The first-order chi connectivity index (χ1) is 8.52. The maximum absolute atomic E-state index is 5.47. The number of halogens is 1. The molecule has 0 aromatic heterocycles. The monoisotopic (exact) mass is 310 g/mol. The van der Waals surface area contributed by atoms with E-state index in [4.69, 9.17) is 4.74 Å². The van der Waals surface area contributed by atoms with Crippen molar-refractivity contribution in [2.75, 3.05) is 13.2 Å². The Morgan fingerprint density at radius 1 is 1.06 bits per heavy atom. The maximum Gasteiger partial charge on any atom is 0.0469 e.